The Morgan fingerprint density at radius 2 is 1.65 bits per heavy atom. The number of hydrogen-bond donors (Lipinski definition) is 3. The Labute approximate surface area is 160 Å². The van der Waals surface area contributed by atoms with Crippen molar-refractivity contribution in [3.8, 4) is 5.75 Å². The highest BCUT2D eigenvalue weighted by Gasteiger charge is 2.32. The molecule has 0 atom stereocenters. The zero-order valence-electron chi connectivity index (χ0n) is 14.6. The van der Waals surface area contributed by atoms with E-state index in [4.69, 9.17) is 0 Å². The fourth-order valence-electron chi connectivity index (χ4n) is 3.23. The zero-order chi connectivity index (χ0) is 17.7. The second-order valence-corrected chi connectivity index (χ2v) is 6.76. The van der Waals surface area contributed by atoms with Crippen molar-refractivity contribution in [1.82, 2.24) is 4.90 Å². The SMILES string of the molecule is Cl.O=C(CN1CCC(O)(Cc2ccccc2)CC1)Nc1ccc(O)cc1. The van der Waals surface area contributed by atoms with Gasteiger partial charge in [-0.25, -0.2) is 0 Å². The number of aromatic hydroxyl groups is 1. The van der Waals surface area contributed by atoms with Gasteiger partial charge in [0, 0.05) is 25.2 Å². The van der Waals surface area contributed by atoms with Crippen LogP contribution in [-0.2, 0) is 11.2 Å². The number of halogens is 1. The van der Waals surface area contributed by atoms with Crippen molar-refractivity contribution in [3.05, 3.63) is 60.2 Å². The Kier molecular flexibility index (Phi) is 7.03. The van der Waals surface area contributed by atoms with Crippen LogP contribution in [-0.4, -0.2) is 46.3 Å². The van der Waals surface area contributed by atoms with E-state index >= 15 is 0 Å². The smallest absolute Gasteiger partial charge is 0.238 e. The van der Waals surface area contributed by atoms with Crippen LogP contribution in [0.4, 0.5) is 5.69 Å². The maximum Gasteiger partial charge on any atom is 0.238 e. The second kappa shape index (κ2) is 9.03. The van der Waals surface area contributed by atoms with E-state index in [0.717, 1.165) is 5.56 Å². The number of amides is 1. The molecule has 2 aromatic rings. The summed E-state index contributed by atoms with van der Waals surface area (Å²) in [6.45, 7) is 1.71. The van der Waals surface area contributed by atoms with Gasteiger partial charge in [-0.05, 0) is 42.7 Å². The van der Waals surface area contributed by atoms with Crippen LogP contribution in [0.15, 0.2) is 54.6 Å². The van der Waals surface area contributed by atoms with E-state index in [9.17, 15) is 15.0 Å². The maximum atomic E-state index is 12.1. The normalized spacial score (nSPS) is 16.5. The predicted octanol–water partition coefficient (Wildman–Crippen LogP) is 2.82. The molecular formula is C20H25ClN2O3. The molecule has 1 aliphatic heterocycles. The zero-order valence-corrected chi connectivity index (χ0v) is 15.4. The number of nitrogens with one attached hydrogen (secondary N) is 1. The Morgan fingerprint density at radius 1 is 1.04 bits per heavy atom. The van der Waals surface area contributed by atoms with Gasteiger partial charge in [0.15, 0.2) is 0 Å². The molecule has 1 saturated heterocycles. The summed E-state index contributed by atoms with van der Waals surface area (Å²) in [6.07, 6.45) is 1.98. The van der Waals surface area contributed by atoms with Gasteiger partial charge in [-0.3, -0.25) is 9.69 Å². The number of nitrogens with zero attached hydrogens (tertiary/aromatic N) is 1. The molecule has 6 heteroatoms. The van der Waals surface area contributed by atoms with Crippen LogP contribution >= 0.6 is 12.4 Å². The van der Waals surface area contributed by atoms with Gasteiger partial charge in [-0.2, -0.15) is 0 Å². The number of likely N-dealkylation sites (tertiary alicyclic amines) is 1. The summed E-state index contributed by atoms with van der Waals surface area (Å²) >= 11 is 0. The summed E-state index contributed by atoms with van der Waals surface area (Å²) < 4.78 is 0. The van der Waals surface area contributed by atoms with Crippen molar-refractivity contribution in [1.29, 1.82) is 0 Å². The van der Waals surface area contributed by atoms with Crippen molar-refractivity contribution in [2.75, 3.05) is 25.0 Å². The molecule has 1 heterocycles. The summed E-state index contributed by atoms with van der Waals surface area (Å²) in [6, 6.07) is 16.4. The number of carbonyl (C=O) groups excluding carboxylic acids is 1. The number of phenols is 1. The summed E-state index contributed by atoms with van der Waals surface area (Å²) in [4.78, 5) is 14.2. The Bertz CT molecular complexity index is 699. The first-order chi connectivity index (χ1) is 12.0. The molecule has 5 nitrogen and oxygen atoms in total. The first-order valence-corrected chi connectivity index (χ1v) is 8.60. The van der Waals surface area contributed by atoms with Crippen molar-refractivity contribution < 1.29 is 15.0 Å². The monoisotopic (exact) mass is 376 g/mol. The molecule has 140 valence electrons. The molecule has 3 rings (SSSR count). The van der Waals surface area contributed by atoms with E-state index in [1.54, 1.807) is 24.3 Å². The average molecular weight is 377 g/mol. The molecule has 26 heavy (non-hydrogen) atoms. The first kappa shape index (κ1) is 20.2. The van der Waals surface area contributed by atoms with E-state index in [1.807, 2.05) is 30.3 Å². The van der Waals surface area contributed by atoms with Crippen molar-refractivity contribution in [2.24, 2.45) is 0 Å². The number of carbonyl (C=O) groups is 1. The van der Waals surface area contributed by atoms with E-state index in [0.29, 0.717) is 44.6 Å². The van der Waals surface area contributed by atoms with Crippen LogP contribution in [0.1, 0.15) is 18.4 Å². The maximum absolute atomic E-state index is 12.1. The van der Waals surface area contributed by atoms with Gasteiger partial charge in [0.25, 0.3) is 0 Å². The Morgan fingerprint density at radius 3 is 2.27 bits per heavy atom. The lowest BCUT2D eigenvalue weighted by molar-refractivity contribution is -0.118. The molecule has 1 fully saturated rings. The van der Waals surface area contributed by atoms with Crippen LogP contribution in [0.2, 0.25) is 0 Å². The van der Waals surface area contributed by atoms with Crippen molar-refractivity contribution >= 4 is 24.0 Å². The van der Waals surface area contributed by atoms with Gasteiger partial charge >= 0.3 is 0 Å². The highest BCUT2D eigenvalue weighted by molar-refractivity contribution is 5.92. The lowest BCUT2D eigenvalue weighted by Crippen LogP contribution is -2.47. The number of rotatable bonds is 5. The van der Waals surface area contributed by atoms with E-state index in [1.165, 1.54) is 0 Å². The summed E-state index contributed by atoms with van der Waals surface area (Å²) in [5, 5.41) is 22.9. The number of benzene rings is 2. The van der Waals surface area contributed by atoms with E-state index in [-0.39, 0.29) is 24.1 Å². The van der Waals surface area contributed by atoms with Crippen LogP contribution in [0.25, 0.3) is 0 Å². The quantitative estimate of drug-likeness (QED) is 0.701. The molecule has 0 radical (unpaired) electrons. The van der Waals surface area contributed by atoms with Gasteiger partial charge < -0.3 is 15.5 Å². The lowest BCUT2D eigenvalue weighted by Gasteiger charge is -2.38. The molecule has 0 unspecified atom stereocenters. The molecule has 1 aliphatic rings. The predicted molar refractivity (Wildman–Crippen MR) is 105 cm³/mol. The van der Waals surface area contributed by atoms with Crippen LogP contribution < -0.4 is 5.32 Å². The average Bonchev–Trinajstić information content (AvgIpc) is 2.60. The molecule has 0 aromatic heterocycles. The topological polar surface area (TPSA) is 72.8 Å². The third kappa shape index (κ3) is 5.73. The molecule has 0 spiro atoms. The number of aliphatic hydroxyl groups is 1. The molecule has 0 bridgehead atoms. The van der Waals surface area contributed by atoms with Crippen LogP contribution in [0.3, 0.4) is 0 Å². The highest BCUT2D eigenvalue weighted by atomic mass is 35.5. The number of anilines is 1. The molecule has 3 N–H and O–H groups in total. The summed E-state index contributed by atoms with van der Waals surface area (Å²) in [7, 11) is 0. The first-order valence-electron chi connectivity index (χ1n) is 8.60. The minimum atomic E-state index is -0.689. The lowest BCUT2D eigenvalue weighted by atomic mass is 9.85. The van der Waals surface area contributed by atoms with Crippen molar-refractivity contribution in [2.45, 2.75) is 24.9 Å². The Balaban J connectivity index is 0.00000243. The third-order valence-electron chi connectivity index (χ3n) is 4.68. The van der Waals surface area contributed by atoms with Gasteiger partial charge in [0.1, 0.15) is 5.75 Å². The molecule has 2 aromatic carbocycles. The molecule has 0 aliphatic carbocycles. The summed E-state index contributed by atoms with van der Waals surface area (Å²) in [5.41, 5.74) is 1.12. The molecular weight excluding hydrogens is 352 g/mol. The van der Waals surface area contributed by atoms with Crippen LogP contribution in [0.5, 0.6) is 5.75 Å². The van der Waals surface area contributed by atoms with Gasteiger partial charge in [0.2, 0.25) is 5.91 Å². The van der Waals surface area contributed by atoms with E-state index in [2.05, 4.69) is 10.2 Å². The molecule has 0 saturated carbocycles. The molecule has 1 amide bonds. The summed E-state index contributed by atoms with van der Waals surface area (Å²) in [5.74, 6) is 0.0888. The standard InChI is InChI=1S/C20H24N2O3.ClH/c23-18-8-6-17(7-9-18)21-19(24)15-22-12-10-20(25,11-13-22)14-16-4-2-1-3-5-16;/h1-9,23,25H,10-15H2,(H,21,24);1H. The number of hydrogen-bond acceptors (Lipinski definition) is 4. The van der Waals surface area contributed by atoms with E-state index < -0.39 is 5.60 Å². The fourth-order valence-corrected chi connectivity index (χ4v) is 3.23. The number of piperidine rings is 1. The minimum Gasteiger partial charge on any atom is -0.508 e. The largest absolute Gasteiger partial charge is 0.508 e. The minimum absolute atomic E-state index is 0. The fraction of sp³-hybridized carbons (Fsp3) is 0.350. The van der Waals surface area contributed by atoms with Gasteiger partial charge in [-0.15, -0.1) is 12.4 Å². The second-order valence-electron chi connectivity index (χ2n) is 6.76. The number of phenolic OH excluding ortho intramolecular Hbond substituents is 1. The van der Waals surface area contributed by atoms with Crippen molar-refractivity contribution in [3.63, 3.8) is 0 Å². The highest BCUT2D eigenvalue weighted by Crippen LogP contribution is 2.26. The van der Waals surface area contributed by atoms with Gasteiger partial charge in [0.05, 0.1) is 12.1 Å². The van der Waals surface area contributed by atoms with Gasteiger partial charge in [-0.1, -0.05) is 30.3 Å². The van der Waals surface area contributed by atoms with Crippen LogP contribution in [0, 0.1) is 0 Å². The third-order valence-corrected chi connectivity index (χ3v) is 4.68. The Hall–Kier alpha value is -2.08.